The van der Waals surface area contributed by atoms with Gasteiger partial charge in [-0.2, -0.15) is 0 Å². The summed E-state index contributed by atoms with van der Waals surface area (Å²) in [4.78, 5) is 24.5. The van der Waals surface area contributed by atoms with Crippen LogP contribution in [0.4, 0.5) is 8.78 Å². The molecule has 0 spiro atoms. The lowest BCUT2D eigenvalue weighted by Gasteiger charge is -2.24. The van der Waals surface area contributed by atoms with Crippen molar-refractivity contribution in [3.8, 4) is 0 Å². The third-order valence-corrected chi connectivity index (χ3v) is 3.45. The van der Waals surface area contributed by atoms with Gasteiger partial charge in [0.1, 0.15) is 0 Å². The lowest BCUT2D eigenvalue weighted by Crippen LogP contribution is -2.34. The molecule has 1 aromatic rings. The largest absolute Gasteiger partial charge is 0.469 e. The Hall–Kier alpha value is -1.98. The third-order valence-electron chi connectivity index (χ3n) is 3.45. The zero-order chi connectivity index (χ0) is 14.7. The molecule has 1 aromatic carbocycles. The first-order chi connectivity index (χ1) is 9.52. The summed E-state index contributed by atoms with van der Waals surface area (Å²) >= 11 is 0. The number of hydrogen-bond donors (Lipinski definition) is 0. The van der Waals surface area contributed by atoms with Crippen molar-refractivity contribution in [1.29, 1.82) is 0 Å². The number of benzene rings is 1. The van der Waals surface area contributed by atoms with E-state index in [1.807, 2.05) is 0 Å². The van der Waals surface area contributed by atoms with Gasteiger partial charge in [-0.3, -0.25) is 9.59 Å². The standard InChI is InChI=1S/C14H15F2NO3/c1-20-13(19)7-10-5-6-12(18)17(10)8-9-3-2-4-11(15)14(9)16/h2-4,10H,5-8H2,1H3. The van der Waals surface area contributed by atoms with Crippen molar-refractivity contribution >= 4 is 11.9 Å². The molecule has 6 heteroatoms. The number of rotatable bonds is 4. The second-order valence-electron chi connectivity index (χ2n) is 4.71. The van der Waals surface area contributed by atoms with Gasteiger partial charge in [-0.1, -0.05) is 12.1 Å². The molecule has 1 saturated heterocycles. The number of esters is 1. The highest BCUT2D eigenvalue weighted by Gasteiger charge is 2.33. The average Bonchev–Trinajstić information content (AvgIpc) is 2.76. The molecule has 0 N–H and O–H groups in total. The number of methoxy groups -OCH3 is 1. The van der Waals surface area contributed by atoms with Crippen LogP contribution in [0.5, 0.6) is 0 Å². The lowest BCUT2D eigenvalue weighted by molar-refractivity contribution is -0.142. The fourth-order valence-corrected chi connectivity index (χ4v) is 2.35. The second-order valence-corrected chi connectivity index (χ2v) is 4.71. The van der Waals surface area contributed by atoms with Gasteiger partial charge in [0.2, 0.25) is 5.91 Å². The van der Waals surface area contributed by atoms with Crippen molar-refractivity contribution in [1.82, 2.24) is 4.90 Å². The molecule has 1 fully saturated rings. The molecule has 1 amide bonds. The number of amides is 1. The van der Waals surface area contributed by atoms with Crippen LogP contribution in [0.25, 0.3) is 0 Å². The van der Waals surface area contributed by atoms with Crippen LogP contribution in [0.15, 0.2) is 18.2 Å². The molecule has 4 nitrogen and oxygen atoms in total. The van der Waals surface area contributed by atoms with Gasteiger partial charge in [-0.25, -0.2) is 8.78 Å². The zero-order valence-corrected chi connectivity index (χ0v) is 11.1. The van der Waals surface area contributed by atoms with Gasteiger partial charge in [0.25, 0.3) is 0 Å². The number of likely N-dealkylation sites (tertiary alicyclic amines) is 1. The zero-order valence-electron chi connectivity index (χ0n) is 11.1. The van der Waals surface area contributed by atoms with Crippen molar-refractivity contribution in [2.24, 2.45) is 0 Å². The van der Waals surface area contributed by atoms with E-state index in [2.05, 4.69) is 4.74 Å². The van der Waals surface area contributed by atoms with E-state index in [-0.39, 0.29) is 30.5 Å². The first-order valence-electron chi connectivity index (χ1n) is 6.32. The minimum Gasteiger partial charge on any atom is -0.469 e. The second kappa shape index (κ2) is 5.98. The Labute approximate surface area is 115 Å². The SMILES string of the molecule is COC(=O)CC1CCC(=O)N1Cc1cccc(F)c1F. The summed E-state index contributed by atoms with van der Waals surface area (Å²) in [5, 5.41) is 0. The van der Waals surface area contributed by atoms with Crippen LogP contribution in [-0.2, 0) is 20.9 Å². The molecule has 0 bridgehead atoms. The molecule has 1 atom stereocenters. The molecule has 1 heterocycles. The summed E-state index contributed by atoms with van der Waals surface area (Å²) in [6.45, 7) is -0.0376. The summed E-state index contributed by atoms with van der Waals surface area (Å²) < 4.78 is 31.4. The summed E-state index contributed by atoms with van der Waals surface area (Å²) in [7, 11) is 1.27. The molecule has 1 aliphatic heterocycles. The molecule has 0 aliphatic carbocycles. The highest BCUT2D eigenvalue weighted by Crippen LogP contribution is 2.25. The molecule has 0 saturated carbocycles. The van der Waals surface area contributed by atoms with Crippen molar-refractivity contribution in [3.63, 3.8) is 0 Å². The Morgan fingerprint density at radius 2 is 2.20 bits per heavy atom. The van der Waals surface area contributed by atoms with Gasteiger partial charge in [-0.15, -0.1) is 0 Å². The van der Waals surface area contributed by atoms with Crippen LogP contribution in [0.2, 0.25) is 0 Å². The fraction of sp³-hybridized carbons (Fsp3) is 0.429. The molecule has 2 rings (SSSR count). The highest BCUT2D eigenvalue weighted by atomic mass is 19.2. The van der Waals surface area contributed by atoms with Crippen molar-refractivity contribution in [3.05, 3.63) is 35.4 Å². The third kappa shape index (κ3) is 2.95. The van der Waals surface area contributed by atoms with Crippen LogP contribution in [-0.4, -0.2) is 29.9 Å². The monoisotopic (exact) mass is 283 g/mol. The summed E-state index contributed by atoms with van der Waals surface area (Å²) in [6, 6.07) is 3.52. The maximum absolute atomic E-state index is 13.6. The predicted octanol–water partition coefficient (Wildman–Crippen LogP) is 2.02. The van der Waals surface area contributed by atoms with E-state index in [0.29, 0.717) is 12.8 Å². The number of carbonyl (C=O) groups excluding carboxylic acids is 2. The van der Waals surface area contributed by atoms with Crippen molar-refractivity contribution in [2.75, 3.05) is 7.11 Å². The number of carbonyl (C=O) groups is 2. The Bertz CT molecular complexity index is 533. The summed E-state index contributed by atoms with van der Waals surface area (Å²) in [5.41, 5.74) is 0.107. The summed E-state index contributed by atoms with van der Waals surface area (Å²) in [5.74, 6) is -2.49. The van der Waals surface area contributed by atoms with Crippen molar-refractivity contribution < 1.29 is 23.1 Å². The minimum absolute atomic E-state index is 0.0376. The van der Waals surface area contributed by atoms with E-state index < -0.39 is 17.6 Å². The lowest BCUT2D eigenvalue weighted by atomic mass is 10.1. The average molecular weight is 283 g/mol. The first kappa shape index (κ1) is 14.4. The molecule has 1 aliphatic rings. The maximum Gasteiger partial charge on any atom is 0.307 e. The molecular weight excluding hydrogens is 268 g/mol. The van der Waals surface area contributed by atoms with E-state index in [1.165, 1.54) is 24.1 Å². The van der Waals surface area contributed by atoms with E-state index in [0.717, 1.165) is 6.07 Å². The number of nitrogens with zero attached hydrogens (tertiary/aromatic N) is 1. The predicted molar refractivity (Wildman–Crippen MR) is 66.6 cm³/mol. The maximum atomic E-state index is 13.6. The van der Waals surface area contributed by atoms with Gasteiger partial charge >= 0.3 is 5.97 Å². The fourth-order valence-electron chi connectivity index (χ4n) is 2.35. The quantitative estimate of drug-likeness (QED) is 0.794. The van der Waals surface area contributed by atoms with Crippen LogP contribution in [0, 0.1) is 11.6 Å². The van der Waals surface area contributed by atoms with E-state index >= 15 is 0 Å². The van der Waals surface area contributed by atoms with Crippen LogP contribution >= 0.6 is 0 Å². The Morgan fingerprint density at radius 1 is 1.45 bits per heavy atom. The molecule has 108 valence electrons. The van der Waals surface area contributed by atoms with Gasteiger partial charge in [0, 0.05) is 24.6 Å². The van der Waals surface area contributed by atoms with Crippen LogP contribution in [0.1, 0.15) is 24.8 Å². The number of hydrogen-bond acceptors (Lipinski definition) is 3. The van der Waals surface area contributed by atoms with Crippen LogP contribution < -0.4 is 0 Å². The summed E-state index contributed by atoms with van der Waals surface area (Å²) in [6.07, 6.45) is 0.892. The Kier molecular flexibility index (Phi) is 4.32. The van der Waals surface area contributed by atoms with Gasteiger partial charge in [0.15, 0.2) is 11.6 Å². The van der Waals surface area contributed by atoms with Gasteiger partial charge in [0.05, 0.1) is 13.5 Å². The number of halogens is 2. The van der Waals surface area contributed by atoms with Gasteiger partial charge in [-0.05, 0) is 12.5 Å². The van der Waals surface area contributed by atoms with E-state index in [4.69, 9.17) is 0 Å². The topological polar surface area (TPSA) is 46.6 Å². The van der Waals surface area contributed by atoms with Gasteiger partial charge < -0.3 is 9.64 Å². The Balaban J connectivity index is 2.14. The Morgan fingerprint density at radius 3 is 2.90 bits per heavy atom. The highest BCUT2D eigenvalue weighted by molar-refractivity contribution is 5.80. The molecule has 0 radical (unpaired) electrons. The van der Waals surface area contributed by atoms with E-state index in [1.54, 1.807) is 0 Å². The molecule has 0 aromatic heterocycles. The van der Waals surface area contributed by atoms with Crippen molar-refractivity contribution in [2.45, 2.75) is 31.8 Å². The number of ether oxygens (including phenoxy) is 1. The normalized spacial score (nSPS) is 18.4. The van der Waals surface area contributed by atoms with Crippen LogP contribution in [0.3, 0.4) is 0 Å². The van der Waals surface area contributed by atoms with E-state index in [9.17, 15) is 18.4 Å². The minimum atomic E-state index is -0.955. The molecule has 1 unspecified atom stereocenters. The molecular formula is C14H15F2NO3. The smallest absolute Gasteiger partial charge is 0.307 e. The first-order valence-corrected chi connectivity index (χ1v) is 6.32. The molecule has 20 heavy (non-hydrogen) atoms.